The molecule has 6 heteroatoms. The Bertz CT molecular complexity index is 449. The van der Waals surface area contributed by atoms with Gasteiger partial charge in [-0.25, -0.2) is 0 Å². The molecule has 1 aromatic carbocycles. The lowest BCUT2D eigenvalue weighted by Crippen LogP contribution is -2.23. The maximum Gasteiger partial charge on any atom is 0.227 e. The number of carbonyl (C=O) groups excluding carboxylic acids is 1. The number of carbonyl (C=O) groups is 1. The Morgan fingerprint density at radius 1 is 1.40 bits per heavy atom. The highest BCUT2D eigenvalue weighted by Crippen LogP contribution is 2.28. The lowest BCUT2D eigenvalue weighted by Gasteiger charge is -2.15. The Hall–Kier alpha value is -1.79. The summed E-state index contributed by atoms with van der Waals surface area (Å²) in [5, 5.41) is 23.8. The summed E-state index contributed by atoms with van der Waals surface area (Å²) >= 11 is 0. The van der Waals surface area contributed by atoms with Gasteiger partial charge < -0.3 is 25.6 Å². The molecule has 1 aromatic rings. The van der Waals surface area contributed by atoms with Gasteiger partial charge in [-0.3, -0.25) is 4.79 Å². The fourth-order valence-corrected chi connectivity index (χ4v) is 1.48. The molecule has 1 rings (SSSR count). The summed E-state index contributed by atoms with van der Waals surface area (Å²) in [5.41, 5.74) is 1.33. The summed E-state index contributed by atoms with van der Waals surface area (Å²) in [7, 11) is 1.52. The molecule has 0 saturated carbocycles. The van der Waals surface area contributed by atoms with Gasteiger partial charge in [-0.15, -0.1) is 0 Å². The van der Waals surface area contributed by atoms with Crippen LogP contribution >= 0.6 is 0 Å². The molecule has 0 aliphatic carbocycles. The van der Waals surface area contributed by atoms with Crippen LogP contribution in [0.25, 0.3) is 0 Å². The van der Waals surface area contributed by atoms with Crippen molar-refractivity contribution in [3.63, 3.8) is 0 Å². The highest BCUT2D eigenvalue weighted by atomic mass is 16.5. The van der Waals surface area contributed by atoms with Crippen LogP contribution in [0.1, 0.15) is 13.8 Å². The van der Waals surface area contributed by atoms with E-state index in [0.29, 0.717) is 11.4 Å². The molecule has 0 spiro atoms. The monoisotopic (exact) mass is 282 g/mol. The number of methoxy groups -OCH3 is 1. The van der Waals surface area contributed by atoms with Crippen molar-refractivity contribution in [1.29, 1.82) is 0 Å². The molecule has 0 aliphatic heterocycles. The number of rotatable bonds is 7. The van der Waals surface area contributed by atoms with Crippen molar-refractivity contribution in [2.24, 2.45) is 5.92 Å². The topological polar surface area (TPSA) is 90.8 Å². The van der Waals surface area contributed by atoms with E-state index in [-0.39, 0.29) is 25.0 Å². The largest absolute Gasteiger partial charge is 0.494 e. The van der Waals surface area contributed by atoms with Crippen molar-refractivity contribution >= 4 is 17.3 Å². The number of benzene rings is 1. The average Bonchev–Trinajstić information content (AvgIpc) is 2.45. The number of aliphatic hydroxyl groups excluding tert-OH is 2. The lowest BCUT2D eigenvalue weighted by molar-refractivity contribution is -0.118. The standard InChI is InChI=1S/C14H22N2O4/c1-9(2)14(19)16-12-5-4-10(6-13(12)20-3)15-7-11(18)8-17/h4-6,9,11,15,17-18H,7-8H2,1-3H3,(H,16,19). The zero-order valence-electron chi connectivity index (χ0n) is 12.0. The Balaban J connectivity index is 2.77. The third kappa shape index (κ3) is 4.71. The molecule has 1 unspecified atom stereocenters. The fourth-order valence-electron chi connectivity index (χ4n) is 1.48. The lowest BCUT2D eigenvalue weighted by atomic mass is 10.2. The third-order valence-electron chi connectivity index (χ3n) is 2.74. The molecule has 0 saturated heterocycles. The van der Waals surface area contributed by atoms with Gasteiger partial charge in [0, 0.05) is 24.2 Å². The van der Waals surface area contributed by atoms with Crippen LogP contribution in [0.4, 0.5) is 11.4 Å². The van der Waals surface area contributed by atoms with Gasteiger partial charge in [-0.05, 0) is 12.1 Å². The number of hydrogen-bond acceptors (Lipinski definition) is 5. The molecular weight excluding hydrogens is 260 g/mol. The van der Waals surface area contributed by atoms with Crippen LogP contribution in [0.3, 0.4) is 0 Å². The normalized spacial score (nSPS) is 12.1. The second-order valence-electron chi connectivity index (χ2n) is 4.78. The molecule has 0 heterocycles. The first kappa shape index (κ1) is 16.3. The zero-order chi connectivity index (χ0) is 15.1. The van der Waals surface area contributed by atoms with E-state index < -0.39 is 6.10 Å². The van der Waals surface area contributed by atoms with Gasteiger partial charge in [0.25, 0.3) is 0 Å². The molecule has 0 aromatic heterocycles. The first-order chi connectivity index (χ1) is 9.47. The average molecular weight is 282 g/mol. The molecule has 1 amide bonds. The van der Waals surface area contributed by atoms with Gasteiger partial charge in [0.1, 0.15) is 5.75 Å². The Morgan fingerprint density at radius 3 is 2.65 bits per heavy atom. The van der Waals surface area contributed by atoms with E-state index in [1.807, 2.05) is 13.8 Å². The van der Waals surface area contributed by atoms with Crippen molar-refractivity contribution < 1.29 is 19.7 Å². The van der Waals surface area contributed by atoms with E-state index in [0.717, 1.165) is 5.69 Å². The fraction of sp³-hybridized carbons (Fsp3) is 0.500. The highest BCUT2D eigenvalue weighted by molar-refractivity contribution is 5.93. The van der Waals surface area contributed by atoms with Gasteiger partial charge in [-0.1, -0.05) is 13.8 Å². The maximum atomic E-state index is 11.7. The molecule has 20 heavy (non-hydrogen) atoms. The van der Waals surface area contributed by atoms with Crippen molar-refractivity contribution in [3.05, 3.63) is 18.2 Å². The molecule has 112 valence electrons. The van der Waals surface area contributed by atoms with E-state index in [1.54, 1.807) is 18.2 Å². The van der Waals surface area contributed by atoms with Crippen LogP contribution in [-0.4, -0.2) is 42.5 Å². The first-order valence-corrected chi connectivity index (χ1v) is 6.49. The van der Waals surface area contributed by atoms with E-state index in [9.17, 15) is 9.90 Å². The molecular formula is C14H22N2O4. The van der Waals surface area contributed by atoms with Crippen LogP contribution in [-0.2, 0) is 4.79 Å². The van der Waals surface area contributed by atoms with Crippen molar-refractivity contribution in [3.8, 4) is 5.75 Å². The SMILES string of the molecule is COc1cc(NCC(O)CO)ccc1NC(=O)C(C)C. The molecule has 6 nitrogen and oxygen atoms in total. The number of ether oxygens (including phenoxy) is 1. The Labute approximate surface area is 118 Å². The Morgan fingerprint density at radius 2 is 2.10 bits per heavy atom. The highest BCUT2D eigenvalue weighted by Gasteiger charge is 2.11. The van der Waals surface area contributed by atoms with Gasteiger partial charge in [0.2, 0.25) is 5.91 Å². The third-order valence-corrected chi connectivity index (χ3v) is 2.74. The summed E-state index contributed by atoms with van der Waals surface area (Å²) < 4.78 is 5.23. The summed E-state index contributed by atoms with van der Waals surface area (Å²) in [6.07, 6.45) is -0.818. The van der Waals surface area contributed by atoms with Crippen molar-refractivity contribution in [1.82, 2.24) is 0 Å². The number of amides is 1. The predicted molar refractivity (Wildman–Crippen MR) is 78.0 cm³/mol. The van der Waals surface area contributed by atoms with Crippen LogP contribution in [0.2, 0.25) is 0 Å². The van der Waals surface area contributed by atoms with E-state index in [2.05, 4.69) is 10.6 Å². The number of anilines is 2. The second kappa shape index (κ2) is 7.72. The number of aliphatic hydroxyl groups is 2. The van der Waals surface area contributed by atoms with Crippen molar-refractivity contribution in [2.45, 2.75) is 20.0 Å². The van der Waals surface area contributed by atoms with E-state index in [4.69, 9.17) is 9.84 Å². The molecule has 0 radical (unpaired) electrons. The first-order valence-electron chi connectivity index (χ1n) is 6.49. The quantitative estimate of drug-likeness (QED) is 0.600. The van der Waals surface area contributed by atoms with Crippen LogP contribution in [0, 0.1) is 5.92 Å². The summed E-state index contributed by atoms with van der Waals surface area (Å²) in [4.78, 5) is 11.7. The molecule has 0 fully saturated rings. The van der Waals surface area contributed by atoms with Gasteiger partial charge in [0.05, 0.1) is 25.5 Å². The van der Waals surface area contributed by atoms with Gasteiger partial charge in [-0.2, -0.15) is 0 Å². The van der Waals surface area contributed by atoms with Crippen LogP contribution in [0.5, 0.6) is 5.75 Å². The van der Waals surface area contributed by atoms with Crippen LogP contribution in [0.15, 0.2) is 18.2 Å². The Kier molecular flexibility index (Phi) is 6.27. The van der Waals surface area contributed by atoms with E-state index in [1.165, 1.54) is 7.11 Å². The van der Waals surface area contributed by atoms with Crippen molar-refractivity contribution in [2.75, 3.05) is 30.9 Å². The van der Waals surface area contributed by atoms with Gasteiger partial charge in [0.15, 0.2) is 0 Å². The summed E-state index contributed by atoms with van der Waals surface area (Å²) in [6.45, 7) is 3.56. The van der Waals surface area contributed by atoms with Crippen LogP contribution < -0.4 is 15.4 Å². The van der Waals surface area contributed by atoms with Gasteiger partial charge >= 0.3 is 0 Å². The minimum Gasteiger partial charge on any atom is -0.494 e. The molecule has 1 atom stereocenters. The summed E-state index contributed by atoms with van der Waals surface area (Å²) in [6, 6.07) is 5.22. The second-order valence-corrected chi connectivity index (χ2v) is 4.78. The smallest absolute Gasteiger partial charge is 0.227 e. The maximum absolute atomic E-state index is 11.7. The summed E-state index contributed by atoms with van der Waals surface area (Å²) in [5.74, 6) is 0.333. The minimum absolute atomic E-state index is 0.0836. The number of hydrogen-bond donors (Lipinski definition) is 4. The molecule has 4 N–H and O–H groups in total. The van der Waals surface area contributed by atoms with E-state index >= 15 is 0 Å². The minimum atomic E-state index is -0.818. The molecule has 0 bridgehead atoms. The number of nitrogens with one attached hydrogen (secondary N) is 2. The molecule has 0 aliphatic rings. The zero-order valence-corrected chi connectivity index (χ0v) is 12.0. The predicted octanol–water partition coefficient (Wildman–Crippen LogP) is 1.05.